The summed E-state index contributed by atoms with van der Waals surface area (Å²) in [4.78, 5) is 2.57. The standard InChI is InChI=1S/C18H30N2O/c1-5-19-15(4)16-9-10-18(21-6-2)17(12-16)13-20-11-7-8-14(20)3/h9-10,12,14-15,19H,5-8,11,13H2,1-4H3. The first-order valence-corrected chi connectivity index (χ1v) is 8.38. The van der Waals surface area contributed by atoms with E-state index in [9.17, 15) is 0 Å². The summed E-state index contributed by atoms with van der Waals surface area (Å²) in [7, 11) is 0. The van der Waals surface area contributed by atoms with Crippen molar-refractivity contribution in [2.24, 2.45) is 0 Å². The minimum Gasteiger partial charge on any atom is -0.494 e. The summed E-state index contributed by atoms with van der Waals surface area (Å²) in [6, 6.07) is 7.73. The van der Waals surface area contributed by atoms with Crippen LogP contribution in [-0.4, -0.2) is 30.6 Å². The molecule has 0 spiro atoms. The van der Waals surface area contributed by atoms with E-state index in [4.69, 9.17) is 4.74 Å². The number of hydrogen-bond donors (Lipinski definition) is 1. The van der Waals surface area contributed by atoms with E-state index in [1.54, 1.807) is 0 Å². The fourth-order valence-electron chi connectivity index (χ4n) is 3.16. The lowest BCUT2D eigenvalue weighted by Crippen LogP contribution is -2.26. The van der Waals surface area contributed by atoms with Crippen molar-refractivity contribution in [3.8, 4) is 5.75 Å². The molecule has 0 radical (unpaired) electrons. The van der Waals surface area contributed by atoms with Crippen LogP contribution in [0.3, 0.4) is 0 Å². The second-order valence-corrected chi connectivity index (χ2v) is 6.04. The molecule has 1 aliphatic heterocycles. The Kier molecular flexibility index (Phi) is 6.07. The van der Waals surface area contributed by atoms with Crippen molar-refractivity contribution < 1.29 is 4.74 Å². The first-order valence-electron chi connectivity index (χ1n) is 8.38. The van der Waals surface area contributed by atoms with Crippen molar-refractivity contribution in [2.45, 2.75) is 59.2 Å². The summed E-state index contributed by atoms with van der Waals surface area (Å²) in [5.41, 5.74) is 2.68. The summed E-state index contributed by atoms with van der Waals surface area (Å²) in [6.07, 6.45) is 2.63. The minimum absolute atomic E-state index is 0.389. The second kappa shape index (κ2) is 7.81. The van der Waals surface area contributed by atoms with E-state index in [1.165, 1.54) is 30.5 Å². The molecule has 0 bridgehead atoms. The average molecular weight is 290 g/mol. The molecule has 1 aliphatic rings. The molecule has 2 rings (SSSR count). The van der Waals surface area contributed by atoms with Crippen molar-refractivity contribution in [3.63, 3.8) is 0 Å². The zero-order valence-electron chi connectivity index (χ0n) is 14.0. The number of likely N-dealkylation sites (tertiary alicyclic amines) is 1. The Morgan fingerprint density at radius 2 is 2.19 bits per heavy atom. The third-order valence-corrected chi connectivity index (χ3v) is 4.46. The molecule has 1 saturated heterocycles. The van der Waals surface area contributed by atoms with E-state index >= 15 is 0 Å². The van der Waals surface area contributed by atoms with Crippen LogP contribution in [0.4, 0.5) is 0 Å². The lowest BCUT2D eigenvalue weighted by molar-refractivity contribution is 0.252. The molecule has 118 valence electrons. The van der Waals surface area contributed by atoms with E-state index in [1.807, 2.05) is 0 Å². The van der Waals surface area contributed by atoms with Gasteiger partial charge in [-0.15, -0.1) is 0 Å². The molecule has 1 fully saturated rings. The maximum Gasteiger partial charge on any atom is 0.123 e. The van der Waals surface area contributed by atoms with Crippen molar-refractivity contribution in [1.82, 2.24) is 10.2 Å². The first kappa shape index (κ1) is 16.3. The predicted octanol–water partition coefficient (Wildman–Crippen LogP) is 3.74. The van der Waals surface area contributed by atoms with Crippen LogP contribution >= 0.6 is 0 Å². The summed E-state index contributed by atoms with van der Waals surface area (Å²) in [5.74, 6) is 1.05. The van der Waals surface area contributed by atoms with Crippen molar-refractivity contribution in [3.05, 3.63) is 29.3 Å². The van der Waals surface area contributed by atoms with E-state index < -0.39 is 0 Å². The lowest BCUT2D eigenvalue weighted by Gasteiger charge is -2.23. The maximum absolute atomic E-state index is 5.83. The molecule has 2 unspecified atom stereocenters. The molecular weight excluding hydrogens is 260 g/mol. The maximum atomic E-state index is 5.83. The number of benzene rings is 1. The van der Waals surface area contributed by atoms with Crippen LogP contribution < -0.4 is 10.1 Å². The molecule has 1 aromatic carbocycles. The van der Waals surface area contributed by atoms with Gasteiger partial charge in [0.15, 0.2) is 0 Å². The van der Waals surface area contributed by atoms with Gasteiger partial charge in [0.25, 0.3) is 0 Å². The predicted molar refractivity (Wildman–Crippen MR) is 88.8 cm³/mol. The molecule has 1 N–H and O–H groups in total. The Balaban J connectivity index is 2.19. The number of hydrogen-bond acceptors (Lipinski definition) is 3. The van der Waals surface area contributed by atoms with E-state index in [2.05, 4.69) is 56.1 Å². The zero-order valence-corrected chi connectivity index (χ0v) is 14.0. The fourth-order valence-corrected chi connectivity index (χ4v) is 3.16. The van der Waals surface area contributed by atoms with E-state index in [0.29, 0.717) is 12.1 Å². The van der Waals surface area contributed by atoms with Crippen LogP contribution in [0.1, 0.15) is 57.7 Å². The summed E-state index contributed by atoms with van der Waals surface area (Å²) < 4.78 is 5.83. The molecule has 0 aromatic heterocycles. The third kappa shape index (κ3) is 4.21. The smallest absolute Gasteiger partial charge is 0.123 e. The normalized spacial score (nSPS) is 20.7. The Morgan fingerprint density at radius 3 is 2.81 bits per heavy atom. The van der Waals surface area contributed by atoms with Crippen molar-refractivity contribution in [1.29, 1.82) is 0 Å². The first-order chi connectivity index (χ1) is 10.2. The van der Waals surface area contributed by atoms with Gasteiger partial charge in [0.2, 0.25) is 0 Å². The summed E-state index contributed by atoms with van der Waals surface area (Å²) in [5, 5.41) is 3.49. The van der Waals surface area contributed by atoms with Gasteiger partial charge in [0, 0.05) is 24.2 Å². The van der Waals surface area contributed by atoms with Gasteiger partial charge < -0.3 is 10.1 Å². The minimum atomic E-state index is 0.389. The Morgan fingerprint density at radius 1 is 1.38 bits per heavy atom. The molecule has 21 heavy (non-hydrogen) atoms. The topological polar surface area (TPSA) is 24.5 Å². The molecule has 2 atom stereocenters. The SMILES string of the molecule is CCNC(C)c1ccc(OCC)c(CN2CCCC2C)c1. The number of rotatable bonds is 7. The quantitative estimate of drug-likeness (QED) is 0.828. The van der Waals surface area contributed by atoms with Gasteiger partial charge in [0.05, 0.1) is 6.61 Å². The summed E-state index contributed by atoms with van der Waals surface area (Å²) >= 11 is 0. The molecule has 1 aromatic rings. The van der Waals surface area contributed by atoms with Gasteiger partial charge in [0.1, 0.15) is 5.75 Å². The van der Waals surface area contributed by atoms with Gasteiger partial charge in [-0.05, 0) is 64.4 Å². The van der Waals surface area contributed by atoms with E-state index in [0.717, 1.165) is 25.4 Å². The van der Waals surface area contributed by atoms with Crippen molar-refractivity contribution in [2.75, 3.05) is 19.7 Å². The molecule has 0 aliphatic carbocycles. The highest BCUT2D eigenvalue weighted by molar-refractivity contribution is 5.38. The highest BCUT2D eigenvalue weighted by atomic mass is 16.5. The number of ether oxygens (including phenoxy) is 1. The fraction of sp³-hybridized carbons (Fsp3) is 0.667. The zero-order chi connectivity index (χ0) is 15.2. The largest absolute Gasteiger partial charge is 0.494 e. The number of nitrogens with zero attached hydrogens (tertiary/aromatic N) is 1. The molecule has 0 saturated carbocycles. The van der Waals surface area contributed by atoms with Crippen LogP contribution in [0, 0.1) is 0 Å². The van der Waals surface area contributed by atoms with E-state index in [-0.39, 0.29) is 0 Å². The van der Waals surface area contributed by atoms with Gasteiger partial charge in [-0.25, -0.2) is 0 Å². The van der Waals surface area contributed by atoms with Crippen LogP contribution in [-0.2, 0) is 6.54 Å². The monoisotopic (exact) mass is 290 g/mol. The molecule has 0 amide bonds. The third-order valence-electron chi connectivity index (χ3n) is 4.46. The molecule has 3 nitrogen and oxygen atoms in total. The van der Waals surface area contributed by atoms with Gasteiger partial charge in [-0.3, -0.25) is 4.90 Å². The van der Waals surface area contributed by atoms with Crippen molar-refractivity contribution >= 4 is 0 Å². The molecule has 3 heteroatoms. The highest BCUT2D eigenvalue weighted by Crippen LogP contribution is 2.28. The summed E-state index contributed by atoms with van der Waals surface area (Å²) in [6.45, 7) is 12.7. The molecule has 1 heterocycles. The van der Waals surface area contributed by atoms with Gasteiger partial charge in [-0.1, -0.05) is 13.0 Å². The van der Waals surface area contributed by atoms with Crippen LogP contribution in [0.25, 0.3) is 0 Å². The van der Waals surface area contributed by atoms with Crippen LogP contribution in [0.15, 0.2) is 18.2 Å². The Bertz CT molecular complexity index is 447. The lowest BCUT2D eigenvalue weighted by atomic mass is 10.0. The average Bonchev–Trinajstić information content (AvgIpc) is 2.86. The van der Waals surface area contributed by atoms with Gasteiger partial charge in [-0.2, -0.15) is 0 Å². The van der Waals surface area contributed by atoms with Crippen LogP contribution in [0.2, 0.25) is 0 Å². The second-order valence-electron chi connectivity index (χ2n) is 6.04. The van der Waals surface area contributed by atoms with Gasteiger partial charge >= 0.3 is 0 Å². The number of nitrogens with one attached hydrogen (secondary N) is 1. The molecular formula is C18H30N2O. The van der Waals surface area contributed by atoms with Crippen LogP contribution in [0.5, 0.6) is 5.75 Å². The Hall–Kier alpha value is -1.06. The highest BCUT2D eigenvalue weighted by Gasteiger charge is 2.21. The Labute approximate surface area is 129 Å².